The summed E-state index contributed by atoms with van der Waals surface area (Å²) in [5.74, 6) is 0.478. The molecule has 2 aromatic heterocycles. The fourth-order valence-corrected chi connectivity index (χ4v) is 3.92. The molecule has 4 heteroatoms. The van der Waals surface area contributed by atoms with Crippen LogP contribution < -0.4 is 0 Å². The van der Waals surface area contributed by atoms with Crippen molar-refractivity contribution in [1.82, 2.24) is 9.88 Å². The highest BCUT2D eigenvalue weighted by molar-refractivity contribution is 7.12. The van der Waals surface area contributed by atoms with E-state index in [-0.39, 0.29) is 5.92 Å². The first-order valence-electron chi connectivity index (χ1n) is 7.43. The second-order valence-corrected chi connectivity index (χ2v) is 6.65. The summed E-state index contributed by atoms with van der Waals surface area (Å²) in [6, 6.07) is 6.10. The van der Waals surface area contributed by atoms with Crippen LogP contribution in [0, 0.1) is 12.8 Å². The Morgan fingerprint density at radius 3 is 3.10 bits per heavy atom. The van der Waals surface area contributed by atoms with Crippen molar-refractivity contribution in [2.45, 2.75) is 26.3 Å². The lowest BCUT2D eigenvalue weighted by molar-refractivity contribution is 0.0815. The molecule has 110 valence electrons. The molecule has 1 fully saturated rings. The quantitative estimate of drug-likeness (QED) is 0.810. The van der Waals surface area contributed by atoms with Gasteiger partial charge in [0.15, 0.2) is 5.78 Å². The summed E-state index contributed by atoms with van der Waals surface area (Å²) >= 11 is 1.58. The van der Waals surface area contributed by atoms with Gasteiger partial charge in [0.2, 0.25) is 0 Å². The Balaban J connectivity index is 1.66. The van der Waals surface area contributed by atoms with Crippen LogP contribution in [-0.4, -0.2) is 28.8 Å². The highest BCUT2D eigenvalue weighted by Gasteiger charge is 2.27. The molecule has 0 N–H and O–H groups in total. The lowest BCUT2D eigenvalue weighted by Crippen LogP contribution is -2.38. The number of hydrogen-bond acceptors (Lipinski definition) is 4. The third kappa shape index (κ3) is 3.39. The average molecular weight is 300 g/mol. The van der Waals surface area contributed by atoms with E-state index in [1.807, 2.05) is 30.6 Å². The maximum absolute atomic E-state index is 12.7. The topological polar surface area (TPSA) is 33.2 Å². The number of thiophene rings is 1. The Labute approximate surface area is 129 Å². The zero-order valence-corrected chi connectivity index (χ0v) is 13.1. The third-order valence-electron chi connectivity index (χ3n) is 4.09. The van der Waals surface area contributed by atoms with Crippen LogP contribution >= 0.6 is 11.3 Å². The number of ketones is 1. The number of nitrogens with zero attached hydrogens (tertiary/aromatic N) is 2. The zero-order chi connectivity index (χ0) is 14.7. The molecule has 3 heterocycles. The van der Waals surface area contributed by atoms with Gasteiger partial charge in [-0.25, -0.2) is 0 Å². The van der Waals surface area contributed by atoms with Gasteiger partial charge in [-0.05, 0) is 54.9 Å². The molecule has 1 saturated heterocycles. The van der Waals surface area contributed by atoms with E-state index in [0.29, 0.717) is 5.78 Å². The minimum atomic E-state index is 0.146. The Kier molecular flexibility index (Phi) is 4.46. The molecule has 1 atom stereocenters. The van der Waals surface area contributed by atoms with Gasteiger partial charge < -0.3 is 0 Å². The molecule has 0 unspecified atom stereocenters. The largest absolute Gasteiger partial charge is 0.298 e. The first-order valence-corrected chi connectivity index (χ1v) is 8.31. The van der Waals surface area contributed by atoms with E-state index >= 15 is 0 Å². The Bertz CT molecular complexity index is 608. The SMILES string of the molecule is Cc1ccsc1C(=O)[C@H]1CCCN(Cc2cccnc2)C1. The highest BCUT2D eigenvalue weighted by Crippen LogP contribution is 2.26. The van der Waals surface area contributed by atoms with Gasteiger partial charge in [-0.2, -0.15) is 0 Å². The molecule has 3 nitrogen and oxygen atoms in total. The van der Waals surface area contributed by atoms with Crippen LogP contribution in [0.4, 0.5) is 0 Å². The molecule has 0 saturated carbocycles. The fourth-order valence-electron chi connectivity index (χ4n) is 2.97. The number of pyridine rings is 1. The summed E-state index contributed by atoms with van der Waals surface area (Å²) in [6.07, 6.45) is 5.82. The molecule has 0 spiro atoms. The summed E-state index contributed by atoms with van der Waals surface area (Å²) in [4.78, 5) is 20.1. The van der Waals surface area contributed by atoms with Crippen LogP contribution in [0.15, 0.2) is 36.0 Å². The number of carbonyl (C=O) groups excluding carboxylic acids is 1. The van der Waals surface area contributed by atoms with E-state index in [2.05, 4.69) is 16.0 Å². The number of aryl methyl sites for hydroxylation is 1. The maximum atomic E-state index is 12.7. The number of hydrogen-bond donors (Lipinski definition) is 0. The van der Waals surface area contributed by atoms with Crippen molar-refractivity contribution in [1.29, 1.82) is 0 Å². The van der Waals surface area contributed by atoms with Crippen molar-refractivity contribution in [2.75, 3.05) is 13.1 Å². The van der Waals surface area contributed by atoms with E-state index < -0.39 is 0 Å². The lowest BCUT2D eigenvalue weighted by Gasteiger charge is -2.31. The predicted molar refractivity (Wildman–Crippen MR) is 85.6 cm³/mol. The van der Waals surface area contributed by atoms with Gasteiger partial charge in [0.1, 0.15) is 0 Å². The summed E-state index contributed by atoms with van der Waals surface area (Å²) < 4.78 is 0. The van der Waals surface area contributed by atoms with Crippen molar-refractivity contribution < 1.29 is 4.79 Å². The number of piperidine rings is 1. The molecule has 3 rings (SSSR count). The monoisotopic (exact) mass is 300 g/mol. The number of Topliss-reactive ketones (excluding diaryl/α,β-unsaturated/α-hetero) is 1. The van der Waals surface area contributed by atoms with Crippen molar-refractivity contribution in [3.05, 3.63) is 52.0 Å². The van der Waals surface area contributed by atoms with Crippen LogP contribution in [-0.2, 0) is 6.54 Å². The normalized spacial score (nSPS) is 19.6. The maximum Gasteiger partial charge on any atom is 0.177 e. The lowest BCUT2D eigenvalue weighted by atomic mass is 9.92. The zero-order valence-electron chi connectivity index (χ0n) is 12.3. The van der Waals surface area contributed by atoms with E-state index in [1.165, 1.54) is 5.56 Å². The van der Waals surface area contributed by atoms with Crippen LogP contribution in [0.1, 0.15) is 33.6 Å². The van der Waals surface area contributed by atoms with Crippen molar-refractivity contribution >= 4 is 17.1 Å². The van der Waals surface area contributed by atoms with Gasteiger partial charge >= 0.3 is 0 Å². The van der Waals surface area contributed by atoms with Crippen LogP contribution in [0.3, 0.4) is 0 Å². The fraction of sp³-hybridized carbons (Fsp3) is 0.412. The summed E-state index contributed by atoms with van der Waals surface area (Å²) in [5, 5.41) is 2.01. The highest BCUT2D eigenvalue weighted by atomic mass is 32.1. The molecule has 1 aliphatic heterocycles. The smallest absolute Gasteiger partial charge is 0.177 e. The van der Waals surface area contributed by atoms with Crippen molar-refractivity contribution in [2.24, 2.45) is 5.92 Å². The standard InChI is InChI=1S/C17H20N2OS/c1-13-6-9-21-17(13)16(20)15-5-3-8-19(12-15)11-14-4-2-7-18-10-14/h2,4,6-7,9-10,15H,3,5,8,11-12H2,1H3/t15-/m0/s1. The number of aromatic nitrogens is 1. The molecular weight excluding hydrogens is 280 g/mol. The van der Waals surface area contributed by atoms with E-state index in [1.54, 1.807) is 17.5 Å². The molecule has 1 aliphatic rings. The first-order chi connectivity index (χ1) is 10.2. The third-order valence-corrected chi connectivity index (χ3v) is 5.12. The van der Waals surface area contributed by atoms with Gasteiger partial charge in [0, 0.05) is 31.4 Å². The molecule has 21 heavy (non-hydrogen) atoms. The summed E-state index contributed by atoms with van der Waals surface area (Å²) in [6.45, 7) is 4.86. The molecule has 0 radical (unpaired) electrons. The molecular formula is C17H20N2OS. The molecule has 0 aliphatic carbocycles. The van der Waals surface area contributed by atoms with Gasteiger partial charge in [-0.1, -0.05) is 6.07 Å². The average Bonchev–Trinajstić information content (AvgIpc) is 2.94. The molecule has 2 aromatic rings. The number of carbonyl (C=O) groups is 1. The molecule has 0 amide bonds. The van der Waals surface area contributed by atoms with Crippen molar-refractivity contribution in [3.63, 3.8) is 0 Å². The summed E-state index contributed by atoms with van der Waals surface area (Å²) in [5.41, 5.74) is 2.34. The van der Waals surface area contributed by atoms with Gasteiger partial charge in [-0.15, -0.1) is 11.3 Å². The van der Waals surface area contributed by atoms with E-state index in [4.69, 9.17) is 0 Å². The number of rotatable bonds is 4. The molecule has 0 bridgehead atoms. The van der Waals surface area contributed by atoms with E-state index in [0.717, 1.165) is 42.9 Å². The summed E-state index contributed by atoms with van der Waals surface area (Å²) in [7, 11) is 0. The van der Waals surface area contributed by atoms with Crippen LogP contribution in [0.5, 0.6) is 0 Å². The second-order valence-electron chi connectivity index (χ2n) is 5.73. The van der Waals surface area contributed by atoms with Crippen molar-refractivity contribution in [3.8, 4) is 0 Å². The Morgan fingerprint density at radius 1 is 1.48 bits per heavy atom. The van der Waals surface area contributed by atoms with E-state index in [9.17, 15) is 4.79 Å². The predicted octanol–water partition coefficient (Wildman–Crippen LogP) is 3.55. The second kappa shape index (κ2) is 6.50. The number of likely N-dealkylation sites (tertiary alicyclic amines) is 1. The van der Waals surface area contributed by atoms with Gasteiger partial charge in [0.25, 0.3) is 0 Å². The first kappa shape index (κ1) is 14.4. The van der Waals surface area contributed by atoms with Crippen LogP contribution in [0.25, 0.3) is 0 Å². The van der Waals surface area contributed by atoms with Crippen LogP contribution in [0.2, 0.25) is 0 Å². The Morgan fingerprint density at radius 2 is 2.38 bits per heavy atom. The minimum absolute atomic E-state index is 0.146. The Hall–Kier alpha value is -1.52. The molecule has 0 aromatic carbocycles. The van der Waals surface area contributed by atoms with Gasteiger partial charge in [-0.3, -0.25) is 14.7 Å². The van der Waals surface area contributed by atoms with Gasteiger partial charge in [0.05, 0.1) is 4.88 Å². The minimum Gasteiger partial charge on any atom is -0.298 e.